The smallest absolute Gasteiger partial charge is 0.245 e. The summed E-state index contributed by atoms with van der Waals surface area (Å²) in [6.45, 7) is 6.68. The van der Waals surface area contributed by atoms with Crippen LogP contribution in [0.5, 0.6) is 5.75 Å². The Morgan fingerprint density at radius 3 is 2.58 bits per heavy atom. The Kier molecular flexibility index (Phi) is 5.71. The van der Waals surface area contributed by atoms with Gasteiger partial charge in [0.1, 0.15) is 5.82 Å². The van der Waals surface area contributed by atoms with Crippen LogP contribution in [0.4, 0.5) is 11.6 Å². The molecule has 0 amide bonds. The van der Waals surface area contributed by atoms with Gasteiger partial charge in [-0.15, -0.1) is 0 Å². The van der Waals surface area contributed by atoms with E-state index in [4.69, 9.17) is 0 Å². The number of nitrogens with zero attached hydrogens (tertiary/aromatic N) is 4. The first-order valence-electron chi connectivity index (χ1n) is 10.5. The van der Waals surface area contributed by atoms with Gasteiger partial charge in [-0.25, -0.2) is 23.1 Å². The molecule has 3 N–H and O–H groups in total. The Bertz CT molecular complexity index is 1320. The molecule has 1 aromatic carbocycles. The van der Waals surface area contributed by atoms with Gasteiger partial charge in [0.25, 0.3) is 0 Å². The van der Waals surface area contributed by atoms with Gasteiger partial charge >= 0.3 is 0 Å². The number of carbonyl (C=O) groups is 1. The maximum atomic E-state index is 12.7. The van der Waals surface area contributed by atoms with Crippen LogP contribution in [-0.2, 0) is 10.0 Å². The first kappa shape index (κ1) is 22.9. The lowest BCUT2D eigenvalue weighted by Crippen LogP contribution is -2.40. The summed E-state index contributed by atoms with van der Waals surface area (Å²) in [6, 6.07) is 8.00. The Morgan fingerprint density at radius 2 is 1.94 bits per heavy atom. The number of hydrogen-bond donors (Lipinski definition) is 3. The number of carbonyl (C=O) groups excluding carboxylic acids is 1. The largest absolute Gasteiger partial charge is 0.503 e. The summed E-state index contributed by atoms with van der Waals surface area (Å²) in [4.78, 5) is 20.6. The molecule has 1 fully saturated rings. The van der Waals surface area contributed by atoms with Crippen molar-refractivity contribution in [3.63, 3.8) is 0 Å². The highest BCUT2D eigenvalue weighted by Gasteiger charge is 2.28. The van der Waals surface area contributed by atoms with Crippen LogP contribution in [0, 0.1) is 0 Å². The Labute approximate surface area is 192 Å². The molecule has 2 aromatic heterocycles. The summed E-state index contributed by atoms with van der Waals surface area (Å²) in [5.74, 6) is 0.510. The van der Waals surface area contributed by atoms with Crippen molar-refractivity contribution < 1.29 is 18.3 Å². The number of benzene rings is 1. The molecule has 33 heavy (non-hydrogen) atoms. The second-order valence-electron chi connectivity index (χ2n) is 9.10. The lowest BCUT2D eigenvalue weighted by molar-refractivity contribution is 0.0923. The van der Waals surface area contributed by atoms with Crippen LogP contribution in [0.1, 0.15) is 56.9 Å². The third kappa shape index (κ3) is 5.20. The lowest BCUT2D eigenvalue weighted by atomic mass is 10.1. The number of nitrogens with one attached hydrogen (secondary N) is 2. The van der Waals surface area contributed by atoms with E-state index in [0.717, 1.165) is 18.5 Å². The highest BCUT2D eigenvalue weighted by atomic mass is 32.2. The van der Waals surface area contributed by atoms with E-state index in [0.29, 0.717) is 17.3 Å². The fourth-order valence-corrected chi connectivity index (χ4v) is 4.76. The van der Waals surface area contributed by atoms with Gasteiger partial charge in [0.05, 0.1) is 16.8 Å². The second-order valence-corrected chi connectivity index (χ2v) is 10.8. The Balaban J connectivity index is 1.67. The van der Waals surface area contributed by atoms with Crippen LogP contribution in [0.2, 0.25) is 0 Å². The topological polar surface area (TPSA) is 139 Å². The van der Waals surface area contributed by atoms with E-state index >= 15 is 0 Å². The molecule has 0 radical (unpaired) electrons. The van der Waals surface area contributed by atoms with E-state index in [-0.39, 0.29) is 28.2 Å². The molecule has 2 heterocycles. The fraction of sp³-hybridized carbons (Fsp3) is 0.364. The molecule has 0 unspecified atom stereocenters. The van der Waals surface area contributed by atoms with Crippen LogP contribution in [0.3, 0.4) is 0 Å². The molecule has 0 atom stereocenters. The van der Waals surface area contributed by atoms with Crippen LogP contribution in [-0.4, -0.2) is 44.7 Å². The molecular weight excluding hydrogens is 444 g/mol. The van der Waals surface area contributed by atoms with Crippen molar-refractivity contribution in [1.29, 1.82) is 0 Å². The molecular formula is C22H26N6O4S. The molecule has 10 nitrogen and oxygen atoms in total. The molecule has 1 aliphatic carbocycles. The number of aromatic hydroxyl groups is 1. The second kappa shape index (κ2) is 8.23. The number of hydrogen-bond acceptors (Lipinski definition) is 8. The summed E-state index contributed by atoms with van der Waals surface area (Å²) in [7, 11) is -3.75. The van der Waals surface area contributed by atoms with Gasteiger partial charge in [0.2, 0.25) is 15.9 Å². The van der Waals surface area contributed by atoms with Crippen LogP contribution >= 0.6 is 0 Å². The lowest BCUT2D eigenvalue weighted by Gasteiger charge is -2.20. The molecule has 1 saturated carbocycles. The van der Waals surface area contributed by atoms with Gasteiger partial charge in [-0.05, 0) is 45.7 Å². The van der Waals surface area contributed by atoms with Crippen LogP contribution in [0.25, 0.3) is 11.4 Å². The van der Waals surface area contributed by atoms with E-state index in [1.54, 1.807) is 39.0 Å². The third-order valence-electron chi connectivity index (χ3n) is 4.88. The maximum absolute atomic E-state index is 12.7. The van der Waals surface area contributed by atoms with Crippen molar-refractivity contribution in [3.05, 3.63) is 42.2 Å². The highest BCUT2D eigenvalue weighted by Crippen LogP contribution is 2.40. The average molecular weight is 471 g/mol. The van der Waals surface area contributed by atoms with Crippen molar-refractivity contribution in [2.75, 3.05) is 5.32 Å². The van der Waals surface area contributed by atoms with Crippen LogP contribution in [0.15, 0.2) is 41.4 Å². The van der Waals surface area contributed by atoms with Crippen molar-refractivity contribution in [2.24, 2.45) is 0 Å². The number of rotatable bonds is 6. The molecule has 11 heteroatoms. The third-order valence-corrected chi connectivity index (χ3v) is 6.64. The van der Waals surface area contributed by atoms with E-state index in [1.165, 1.54) is 29.9 Å². The van der Waals surface area contributed by atoms with E-state index < -0.39 is 15.6 Å². The van der Waals surface area contributed by atoms with Gasteiger partial charge < -0.3 is 10.4 Å². The predicted molar refractivity (Wildman–Crippen MR) is 123 cm³/mol. The monoisotopic (exact) mass is 470 g/mol. The molecule has 0 saturated heterocycles. The minimum atomic E-state index is -3.75. The Morgan fingerprint density at radius 1 is 1.21 bits per heavy atom. The SMILES string of the molecule is CC(=O)n1nc(C2CC2)cc1Nc1nc(-c2cccc(S(=O)(=O)NC(C)(C)C)c2)ncc1O. The van der Waals surface area contributed by atoms with Gasteiger partial charge in [0, 0.05) is 30.0 Å². The quantitative estimate of drug-likeness (QED) is 0.498. The van der Waals surface area contributed by atoms with E-state index in [1.807, 2.05) is 0 Å². The zero-order valence-electron chi connectivity index (χ0n) is 18.8. The molecule has 0 spiro atoms. The molecule has 0 bridgehead atoms. The number of anilines is 2. The van der Waals surface area contributed by atoms with Gasteiger partial charge in [-0.2, -0.15) is 9.78 Å². The standard InChI is InChI=1S/C22H26N6O4S/c1-13(29)28-19(11-17(26-28)14-8-9-14)24-21-18(30)12-23-20(25-21)15-6-5-7-16(10-15)33(31,32)27-22(2,3)4/h5-7,10-12,14,27,30H,8-9H2,1-4H3,(H,23,24,25). The van der Waals surface area contributed by atoms with Crippen molar-refractivity contribution in [1.82, 2.24) is 24.5 Å². The number of sulfonamides is 1. The van der Waals surface area contributed by atoms with Crippen molar-refractivity contribution in [3.8, 4) is 17.1 Å². The van der Waals surface area contributed by atoms with E-state index in [9.17, 15) is 18.3 Å². The minimum absolute atomic E-state index is 0.0739. The average Bonchev–Trinajstić information content (AvgIpc) is 3.48. The van der Waals surface area contributed by atoms with Gasteiger partial charge in [0.15, 0.2) is 17.4 Å². The molecule has 3 aromatic rings. The first-order chi connectivity index (χ1) is 15.4. The zero-order chi connectivity index (χ0) is 24.0. The zero-order valence-corrected chi connectivity index (χ0v) is 19.6. The summed E-state index contributed by atoms with van der Waals surface area (Å²) >= 11 is 0. The molecule has 174 valence electrons. The predicted octanol–water partition coefficient (Wildman–Crippen LogP) is 3.40. The summed E-state index contributed by atoms with van der Waals surface area (Å²) in [6.07, 6.45) is 3.27. The summed E-state index contributed by atoms with van der Waals surface area (Å²) < 4.78 is 29.3. The molecule has 1 aliphatic rings. The highest BCUT2D eigenvalue weighted by molar-refractivity contribution is 7.89. The first-order valence-corrected chi connectivity index (χ1v) is 12.0. The maximum Gasteiger partial charge on any atom is 0.245 e. The minimum Gasteiger partial charge on any atom is -0.503 e. The normalized spacial score (nSPS) is 14.3. The van der Waals surface area contributed by atoms with Crippen LogP contribution < -0.4 is 10.0 Å². The van der Waals surface area contributed by atoms with Gasteiger partial charge in [-0.3, -0.25) is 4.79 Å². The van der Waals surface area contributed by atoms with Crippen molar-refractivity contribution >= 4 is 27.6 Å². The number of aromatic nitrogens is 4. The van der Waals surface area contributed by atoms with Crippen molar-refractivity contribution in [2.45, 2.75) is 56.9 Å². The summed E-state index contributed by atoms with van der Waals surface area (Å²) in [5.41, 5.74) is 0.624. The fourth-order valence-electron chi connectivity index (χ4n) is 3.30. The molecule has 0 aliphatic heterocycles. The Hall–Kier alpha value is -3.31. The van der Waals surface area contributed by atoms with E-state index in [2.05, 4.69) is 25.1 Å². The molecule has 4 rings (SSSR count). The summed E-state index contributed by atoms with van der Waals surface area (Å²) in [5, 5.41) is 17.6. The van der Waals surface area contributed by atoms with Gasteiger partial charge in [-0.1, -0.05) is 12.1 Å².